The molecule has 180 valence electrons. The lowest BCUT2D eigenvalue weighted by atomic mass is 10.1. The number of carbonyl (C=O) groups excluding carboxylic acids is 2. The van der Waals surface area contributed by atoms with E-state index in [-0.39, 0.29) is 12.1 Å². The second-order valence-corrected chi connectivity index (χ2v) is 9.46. The first kappa shape index (κ1) is 22.4. The number of piperidine rings is 1. The molecule has 2 fully saturated rings. The van der Waals surface area contributed by atoms with Gasteiger partial charge in [-0.1, -0.05) is 0 Å². The van der Waals surface area contributed by atoms with Crippen molar-refractivity contribution in [3.05, 3.63) is 41.2 Å². The quantitative estimate of drug-likeness (QED) is 0.716. The Bertz CT molecular complexity index is 1140. The molecule has 5 rings (SSSR count). The lowest BCUT2D eigenvalue weighted by Crippen LogP contribution is -2.50. The molecule has 1 aromatic heterocycles. The van der Waals surface area contributed by atoms with Crippen molar-refractivity contribution in [3.63, 3.8) is 0 Å². The molecule has 0 radical (unpaired) electrons. The molecule has 9 nitrogen and oxygen atoms in total. The summed E-state index contributed by atoms with van der Waals surface area (Å²) in [6.07, 6.45) is 1.65. The van der Waals surface area contributed by atoms with Crippen LogP contribution >= 0.6 is 0 Å². The van der Waals surface area contributed by atoms with E-state index in [4.69, 9.17) is 15.2 Å². The normalized spacial score (nSPS) is 22.8. The fraction of sp³-hybridized carbons (Fsp3) is 0.500. The van der Waals surface area contributed by atoms with E-state index in [1.54, 1.807) is 6.07 Å². The van der Waals surface area contributed by atoms with Crippen LogP contribution in [0, 0.1) is 6.92 Å². The highest BCUT2D eigenvalue weighted by Crippen LogP contribution is 2.40. The largest absolute Gasteiger partial charge is 0.471 e. The van der Waals surface area contributed by atoms with Gasteiger partial charge in [0.25, 0.3) is 0 Å². The molecule has 1 aromatic carbocycles. The number of hydrogen-bond donors (Lipinski definition) is 1. The zero-order valence-electron chi connectivity index (χ0n) is 19.3. The van der Waals surface area contributed by atoms with Crippen molar-refractivity contribution in [2.24, 2.45) is 5.73 Å². The predicted octanol–water partition coefficient (Wildman–Crippen LogP) is 3.06. The number of carbonyl (C=O) groups is 2. The molecule has 2 unspecified atom stereocenters. The van der Waals surface area contributed by atoms with Gasteiger partial charge in [0, 0.05) is 30.8 Å². The molecule has 2 N–H and O–H groups in total. The summed E-state index contributed by atoms with van der Waals surface area (Å²) in [5.41, 5.74) is 8.14. The van der Waals surface area contributed by atoms with Crippen LogP contribution < -0.4 is 15.4 Å². The number of amides is 2. The van der Waals surface area contributed by atoms with Gasteiger partial charge < -0.3 is 25.0 Å². The maximum Gasteiger partial charge on any atom is 0.410 e. The van der Waals surface area contributed by atoms with Gasteiger partial charge in [-0.2, -0.15) is 0 Å². The van der Waals surface area contributed by atoms with Crippen LogP contribution in [0.5, 0.6) is 5.88 Å². The Morgan fingerprint density at radius 2 is 2.03 bits per heavy atom. The van der Waals surface area contributed by atoms with Crippen molar-refractivity contribution >= 4 is 23.5 Å². The molecule has 0 spiro atoms. The van der Waals surface area contributed by atoms with Gasteiger partial charge in [0.1, 0.15) is 23.9 Å². The minimum atomic E-state index is -1.36. The number of aromatic nitrogens is 2. The monoisotopic (exact) mass is 469 g/mol. The van der Waals surface area contributed by atoms with Gasteiger partial charge in [-0.3, -0.25) is 4.79 Å². The van der Waals surface area contributed by atoms with E-state index in [0.29, 0.717) is 42.3 Å². The molecule has 3 heterocycles. The maximum atomic E-state index is 15.0. The Hall–Kier alpha value is -3.43. The van der Waals surface area contributed by atoms with Gasteiger partial charge in [-0.05, 0) is 56.9 Å². The first-order valence-corrected chi connectivity index (χ1v) is 11.5. The number of benzene rings is 1. The number of likely N-dealkylation sites (tertiary alicyclic amines) is 1. The van der Waals surface area contributed by atoms with Crippen LogP contribution in [0.2, 0.25) is 0 Å². The number of nitrogens with zero attached hydrogens (tertiary/aromatic N) is 4. The van der Waals surface area contributed by atoms with E-state index >= 15 is 0 Å². The zero-order valence-corrected chi connectivity index (χ0v) is 19.3. The molecule has 2 atom stereocenters. The first-order chi connectivity index (χ1) is 16.2. The van der Waals surface area contributed by atoms with E-state index in [9.17, 15) is 14.0 Å². The Balaban J connectivity index is 1.28. The van der Waals surface area contributed by atoms with E-state index in [2.05, 4.69) is 9.97 Å². The second-order valence-electron chi connectivity index (χ2n) is 9.46. The predicted molar refractivity (Wildman–Crippen MR) is 122 cm³/mol. The number of halogens is 1. The number of rotatable bonds is 5. The van der Waals surface area contributed by atoms with Crippen LogP contribution in [0.1, 0.15) is 47.7 Å². The molecule has 1 aliphatic carbocycles. The van der Waals surface area contributed by atoms with Crippen molar-refractivity contribution in [3.8, 4) is 5.88 Å². The molecule has 0 bridgehead atoms. The van der Waals surface area contributed by atoms with Crippen molar-refractivity contribution < 1.29 is 23.5 Å². The van der Waals surface area contributed by atoms with Crippen LogP contribution in [0.15, 0.2) is 24.5 Å². The molecule has 2 amide bonds. The first-order valence-electron chi connectivity index (χ1n) is 11.5. The standard InChI is InChI=1S/C24H28FN5O4/c1-14-21(30-10-5-15-11-16(20(26)31)3-4-18(15)30)27-13-28-22(14)33-19-6-9-29(12-17(19)25)23(32)34-24(2)7-8-24/h3-4,11,13,17,19H,5-10,12H2,1-2H3,(H2,26,31). The molecule has 1 saturated heterocycles. The average molecular weight is 470 g/mol. The summed E-state index contributed by atoms with van der Waals surface area (Å²) in [4.78, 5) is 36.0. The van der Waals surface area contributed by atoms with Gasteiger partial charge in [0.15, 0.2) is 6.17 Å². The van der Waals surface area contributed by atoms with Gasteiger partial charge in [-0.25, -0.2) is 19.2 Å². The van der Waals surface area contributed by atoms with Crippen molar-refractivity contribution in [2.75, 3.05) is 24.5 Å². The third-order valence-corrected chi connectivity index (χ3v) is 6.82. The van der Waals surface area contributed by atoms with Crippen LogP contribution in [0.25, 0.3) is 0 Å². The highest BCUT2D eigenvalue weighted by molar-refractivity contribution is 5.94. The molecule has 34 heavy (non-hydrogen) atoms. The topological polar surface area (TPSA) is 111 Å². The number of nitrogens with two attached hydrogens (primary N) is 1. The number of fused-ring (bicyclic) bond motifs is 1. The highest BCUT2D eigenvalue weighted by Gasteiger charge is 2.44. The zero-order chi connectivity index (χ0) is 24.0. The minimum Gasteiger partial charge on any atom is -0.471 e. The SMILES string of the molecule is Cc1c(OC2CCN(C(=O)OC3(C)CC3)CC2F)ncnc1N1CCc2cc(C(N)=O)ccc21. The van der Waals surface area contributed by atoms with Gasteiger partial charge >= 0.3 is 6.09 Å². The van der Waals surface area contributed by atoms with Crippen LogP contribution in [-0.4, -0.2) is 64.4 Å². The number of hydrogen-bond acceptors (Lipinski definition) is 7. The van der Waals surface area contributed by atoms with Crippen LogP contribution in [-0.2, 0) is 11.2 Å². The maximum absolute atomic E-state index is 15.0. The second kappa shape index (κ2) is 8.41. The summed E-state index contributed by atoms with van der Waals surface area (Å²) in [6, 6.07) is 5.37. The third-order valence-electron chi connectivity index (χ3n) is 6.82. The van der Waals surface area contributed by atoms with Crippen LogP contribution in [0.3, 0.4) is 0 Å². The smallest absolute Gasteiger partial charge is 0.410 e. The Morgan fingerprint density at radius 3 is 2.74 bits per heavy atom. The molecule has 2 aromatic rings. The van der Waals surface area contributed by atoms with Crippen molar-refractivity contribution in [2.45, 2.75) is 57.4 Å². The van der Waals surface area contributed by atoms with E-state index < -0.39 is 24.3 Å². The minimum absolute atomic E-state index is 0.0712. The molecular formula is C24H28FN5O4. The van der Waals surface area contributed by atoms with Crippen molar-refractivity contribution in [1.82, 2.24) is 14.9 Å². The highest BCUT2D eigenvalue weighted by atomic mass is 19.1. The molecule has 2 aliphatic heterocycles. The lowest BCUT2D eigenvalue weighted by Gasteiger charge is -2.34. The molecule has 1 saturated carbocycles. The summed E-state index contributed by atoms with van der Waals surface area (Å²) in [6.45, 7) is 4.70. The fourth-order valence-corrected chi connectivity index (χ4v) is 4.47. The third kappa shape index (κ3) is 4.24. The number of primary amides is 1. The van der Waals surface area contributed by atoms with E-state index in [1.807, 2.05) is 30.9 Å². The Kier molecular flexibility index (Phi) is 5.53. The number of anilines is 2. The summed E-state index contributed by atoms with van der Waals surface area (Å²) in [5, 5.41) is 0. The summed E-state index contributed by atoms with van der Waals surface area (Å²) in [7, 11) is 0. The summed E-state index contributed by atoms with van der Waals surface area (Å²) < 4.78 is 26.4. The van der Waals surface area contributed by atoms with Gasteiger partial charge in [-0.15, -0.1) is 0 Å². The van der Waals surface area contributed by atoms with Crippen LogP contribution in [0.4, 0.5) is 20.7 Å². The summed E-state index contributed by atoms with van der Waals surface area (Å²) in [5.74, 6) is 0.531. The van der Waals surface area contributed by atoms with Gasteiger partial charge in [0.05, 0.1) is 12.1 Å². The summed E-state index contributed by atoms with van der Waals surface area (Å²) >= 11 is 0. The lowest BCUT2D eigenvalue weighted by molar-refractivity contribution is 0.00202. The molecule has 3 aliphatic rings. The molecular weight excluding hydrogens is 441 g/mol. The number of ether oxygens (including phenoxy) is 2. The van der Waals surface area contributed by atoms with E-state index in [1.165, 1.54) is 11.2 Å². The van der Waals surface area contributed by atoms with E-state index in [0.717, 1.165) is 30.5 Å². The molecule has 10 heteroatoms. The number of alkyl halides is 1. The van der Waals surface area contributed by atoms with Gasteiger partial charge in [0.2, 0.25) is 11.8 Å². The fourth-order valence-electron chi connectivity index (χ4n) is 4.47. The van der Waals surface area contributed by atoms with Crippen molar-refractivity contribution in [1.29, 1.82) is 0 Å². The Morgan fingerprint density at radius 1 is 1.24 bits per heavy atom. The Labute approximate surface area is 197 Å². The average Bonchev–Trinajstić information content (AvgIpc) is 3.38.